The summed E-state index contributed by atoms with van der Waals surface area (Å²) in [7, 11) is 0. The normalized spacial score (nSPS) is 26.7. The van der Waals surface area contributed by atoms with E-state index >= 15 is 0 Å². The fraction of sp³-hybridized carbons (Fsp3) is 0.727. The summed E-state index contributed by atoms with van der Waals surface area (Å²) in [4.78, 5) is 0. The number of unbranched alkanes of at least 4 members (excludes halogenated alkanes) is 1. The van der Waals surface area contributed by atoms with Crippen LogP contribution in [0.4, 0.5) is 0 Å². The van der Waals surface area contributed by atoms with E-state index in [2.05, 4.69) is 30.9 Å². The minimum absolute atomic E-state index is 0.309. The summed E-state index contributed by atoms with van der Waals surface area (Å²) in [6.07, 6.45) is 10.9. The van der Waals surface area contributed by atoms with Gasteiger partial charge in [-0.15, -0.1) is 15.5 Å². The van der Waals surface area contributed by atoms with Gasteiger partial charge in [-0.3, -0.25) is 0 Å². The van der Waals surface area contributed by atoms with Crippen LogP contribution in [0.1, 0.15) is 96.8 Å². The third-order valence-corrected chi connectivity index (χ3v) is 6.47. The first-order valence-electron chi connectivity index (χ1n) is 12.7. The molecule has 3 rings (SSSR count). The Morgan fingerprint density at radius 3 is 1.17 bits per heavy atom. The molecule has 3 aliphatic carbocycles. The average Bonchev–Trinajstić information content (AvgIpc) is 2.92. The second kappa shape index (κ2) is 13.7. The van der Waals surface area contributed by atoms with Crippen molar-refractivity contribution in [1.29, 1.82) is 0 Å². The molecule has 194 valence electrons. The predicted octanol–water partition coefficient (Wildman–Crippen LogP) is 5.06. The van der Waals surface area contributed by atoms with Crippen molar-refractivity contribution in [2.75, 3.05) is 0 Å². The highest BCUT2D eigenvalue weighted by atomic mass is 16.9. The summed E-state index contributed by atoms with van der Waals surface area (Å²) < 4.78 is 17.8. The highest BCUT2D eigenvalue weighted by molar-refractivity contribution is 6.61. The Balaban J connectivity index is 1.93. The largest absolute Gasteiger partial charge is 0.609 e. The number of nitrogens with zero attached hydrogens (tertiary/aromatic N) is 6. The standard InChI is InChI=1S/C22H36BN6O6/c1-2-3-16-23(33-27-20-13-7-4-10-17(20)24-30,34-28-21-14-8-5-11-18(21)25-31)35-29-22-15-9-6-12-19(22)26-32/h30-32H,2-16H2,1H3/q-1/b24-17-,25-18-,26-19-,27-20-,28-21-,29-22-. The molecule has 0 unspecified atom stereocenters. The first-order chi connectivity index (χ1) is 17.1. The van der Waals surface area contributed by atoms with Crippen LogP contribution in [0.2, 0.25) is 6.32 Å². The van der Waals surface area contributed by atoms with Crippen LogP contribution in [-0.2, 0) is 14.3 Å². The molecule has 0 amide bonds. The first kappa shape index (κ1) is 26.5. The molecule has 0 radical (unpaired) electrons. The summed E-state index contributed by atoms with van der Waals surface area (Å²) in [6.45, 7) is -0.620. The van der Waals surface area contributed by atoms with Gasteiger partial charge in [0, 0.05) is 0 Å². The lowest BCUT2D eigenvalue weighted by molar-refractivity contribution is 0.0653. The minimum Gasteiger partial charge on any atom is -0.540 e. The summed E-state index contributed by atoms with van der Waals surface area (Å²) in [5.41, 5.74) is 2.99. The van der Waals surface area contributed by atoms with Gasteiger partial charge in [0.25, 0.3) is 0 Å². The summed E-state index contributed by atoms with van der Waals surface area (Å²) >= 11 is 0. The Morgan fingerprint density at radius 2 is 0.886 bits per heavy atom. The van der Waals surface area contributed by atoms with Crippen molar-refractivity contribution >= 4 is 41.0 Å². The maximum absolute atomic E-state index is 9.37. The molecule has 0 aromatic heterocycles. The lowest BCUT2D eigenvalue weighted by atomic mass is 9.73. The van der Waals surface area contributed by atoms with Crippen molar-refractivity contribution in [3.8, 4) is 0 Å². The third kappa shape index (κ3) is 7.43. The van der Waals surface area contributed by atoms with Crippen molar-refractivity contribution < 1.29 is 29.9 Å². The molecule has 13 heteroatoms. The van der Waals surface area contributed by atoms with Gasteiger partial charge in [-0.25, -0.2) is 0 Å². The van der Waals surface area contributed by atoms with Crippen LogP contribution < -0.4 is 0 Å². The van der Waals surface area contributed by atoms with Crippen molar-refractivity contribution in [3.05, 3.63) is 0 Å². The number of hydrogen-bond donors (Lipinski definition) is 3. The Bertz CT molecular complexity index is 794. The van der Waals surface area contributed by atoms with Crippen LogP contribution in [0.5, 0.6) is 0 Å². The molecule has 0 spiro atoms. The smallest absolute Gasteiger partial charge is 0.540 e. The summed E-state index contributed by atoms with van der Waals surface area (Å²) in [5, 5.41) is 51.0. The zero-order valence-corrected chi connectivity index (χ0v) is 20.4. The Labute approximate surface area is 205 Å². The summed E-state index contributed by atoms with van der Waals surface area (Å²) in [6, 6.07) is 0. The highest BCUT2D eigenvalue weighted by Gasteiger charge is 2.39. The molecule has 0 aliphatic heterocycles. The molecule has 3 aliphatic rings. The van der Waals surface area contributed by atoms with E-state index in [1.165, 1.54) is 0 Å². The number of rotatable bonds is 9. The van der Waals surface area contributed by atoms with E-state index in [1.54, 1.807) is 0 Å². The lowest BCUT2D eigenvalue weighted by Gasteiger charge is -2.35. The van der Waals surface area contributed by atoms with Crippen LogP contribution in [0.15, 0.2) is 30.9 Å². The molecule has 35 heavy (non-hydrogen) atoms. The molecule has 12 nitrogen and oxygen atoms in total. The SMILES string of the molecule is CCCC[B-](O/N=C1/CCCC/C1=N/O)(O/N=C1/CCCC/C1=N/O)O/N=C1/CCCC/C1=N/O. The molecule has 0 bridgehead atoms. The molecule has 0 saturated heterocycles. The Hall–Kier alpha value is -3.12. The zero-order valence-electron chi connectivity index (χ0n) is 20.4. The van der Waals surface area contributed by atoms with Gasteiger partial charge in [0.15, 0.2) is 0 Å². The zero-order chi connectivity index (χ0) is 24.9. The maximum Gasteiger partial charge on any atom is 0.609 e. The van der Waals surface area contributed by atoms with Gasteiger partial charge in [-0.1, -0.05) is 41.6 Å². The van der Waals surface area contributed by atoms with Gasteiger partial charge in [-0.05, 0) is 77.0 Å². The first-order valence-corrected chi connectivity index (χ1v) is 12.7. The van der Waals surface area contributed by atoms with Crippen LogP contribution >= 0.6 is 0 Å². The van der Waals surface area contributed by atoms with Crippen LogP contribution in [0.25, 0.3) is 0 Å². The lowest BCUT2D eigenvalue weighted by Crippen LogP contribution is -2.43. The van der Waals surface area contributed by atoms with E-state index in [1.807, 2.05) is 6.92 Å². The van der Waals surface area contributed by atoms with Gasteiger partial charge in [0.1, 0.15) is 17.1 Å². The maximum atomic E-state index is 9.37. The van der Waals surface area contributed by atoms with E-state index < -0.39 is 6.75 Å². The molecular weight excluding hydrogens is 455 g/mol. The van der Waals surface area contributed by atoms with Crippen molar-refractivity contribution in [2.24, 2.45) is 30.9 Å². The fourth-order valence-electron chi connectivity index (χ4n) is 4.34. The number of hydrogen-bond acceptors (Lipinski definition) is 12. The van der Waals surface area contributed by atoms with Crippen LogP contribution in [0, 0.1) is 0 Å². The fourth-order valence-corrected chi connectivity index (χ4v) is 4.34. The van der Waals surface area contributed by atoms with E-state index in [-0.39, 0.29) is 0 Å². The topological polar surface area (TPSA) is 163 Å². The molecule has 3 N–H and O–H groups in total. The monoisotopic (exact) mass is 491 g/mol. The molecule has 3 fully saturated rings. The van der Waals surface area contributed by atoms with E-state index in [4.69, 9.17) is 14.3 Å². The van der Waals surface area contributed by atoms with Gasteiger partial charge in [0.2, 0.25) is 0 Å². The van der Waals surface area contributed by atoms with Gasteiger partial charge in [-0.2, -0.15) is 0 Å². The predicted molar refractivity (Wildman–Crippen MR) is 134 cm³/mol. The quantitative estimate of drug-likeness (QED) is 0.232. The third-order valence-electron chi connectivity index (χ3n) is 6.47. The molecule has 0 atom stereocenters. The van der Waals surface area contributed by atoms with Crippen molar-refractivity contribution in [1.82, 2.24) is 0 Å². The van der Waals surface area contributed by atoms with Gasteiger partial charge < -0.3 is 29.9 Å². The molecule has 0 heterocycles. The average molecular weight is 491 g/mol. The van der Waals surface area contributed by atoms with Gasteiger partial charge in [0.05, 0.1) is 17.1 Å². The molecule has 3 saturated carbocycles. The molecular formula is C22H36BN6O6-. The van der Waals surface area contributed by atoms with Gasteiger partial charge >= 0.3 is 6.75 Å². The molecule has 0 aromatic carbocycles. The van der Waals surface area contributed by atoms with Crippen LogP contribution in [-0.4, -0.2) is 56.6 Å². The second-order valence-electron chi connectivity index (χ2n) is 9.12. The molecule has 0 aromatic rings. The van der Waals surface area contributed by atoms with E-state index in [0.717, 1.165) is 44.9 Å². The van der Waals surface area contributed by atoms with E-state index in [9.17, 15) is 15.6 Å². The summed E-state index contributed by atoms with van der Waals surface area (Å²) in [5.74, 6) is 0. The second-order valence-corrected chi connectivity index (χ2v) is 9.12. The Morgan fingerprint density at radius 1 is 0.571 bits per heavy atom. The minimum atomic E-state index is -2.65. The van der Waals surface area contributed by atoms with Crippen LogP contribution in [0.3, 0.4) is 0 Å². The number of oxime groups is 6. The highest BCUT2D eigenvalue weighted by Crippen LogP contribution is 2.25. The van der Waals surface area contributed by atoms with E-state index in [0.29, 0.717) is 85.5 Å². The van der Waals surface area contributed by atoms with Crippen molar-refractivity contribution in [3.63, 3.8) is 0 Å². The van der Waals surface area contributed by atoms with Crippen molar-refractivity contribution in [2.45, 2.75) is 103 Å². The Kier molecular flexibility index (Phi) is 10.4.